The summed E-state index contributed by atoms with van der Waals surface area (Å²) in [6.07, 6.45) is 0.483. The van der Waals surface area contributed by atoms with Gasteiger partial charge < -0.3 is 5.32 Å². The molecule has 0 fully saturated rings. The third-order valence-corrected chi connectivity index (χ3v) is 7.57. The molecule has 1 aromatic heterocycles. The first-order chi connectivity index (χ1) is 13.0. The van der Waals surface area contributed by atoms with Crippen LogP contribution in [-0.4, -0.2) is 30.1 Å². The van der Waals surface area contributed by atoms with Gasteiger partial charge in [0.15, 0.2) is 14.2 Å². The van der Waals surface area contributed by atoms with Crippen LogP contribution in [-0.2, 0) is 16.4 Å². The van der Waals surface area contributed by atoms with Gasteiger partial charge in [-0.1, -0.05) is 53.4 Å². The zero-order valence-corrected chi connectivity index (χ0v) is 16.8. The van der Waals surface area contributed by atoms with Crippen molar-refractivity contribution < 1.29 is 12.8 Å². The average molecular weight is 424 g/mol. The maximum absolute atomic E-state index is 12.9. The molecule has 142 valence electrons. The van der Waals surface area contributed by atoms with Gasteiger partial charge in [-0.2, -0.15) is 0 Å². The van der Waals surface area contributed by atoms with Gasteiger partial charge in [0.05, 0.1) is 10.6 Å². The van der Waals surface area contributed by atoms with Crippen LogP contribution >= 0.6 is 23.1 Å². The number of halogens is 1. The molecule has 0 aliphatic rings. The van der Waals surface area contributed by atoms with E-state index in [1.165, 1.54) is 35.2 Å². The van der Waals surface area contributed by atoms with E-state index >= 15 is 0 Å². The Morgan fingerprint density at radius 1 is 1.04 bits per heavy atom. The molecule has 3 aromatic rings. The second-order valence-corrected chi connectivity index (χ2v) is 10.1. The predicted octanol–water partition coefficient (Wildman–Crippen LogP) is 4.25. The summed E-state index contributed by atoms with van der Waals surface area (Å²) < 4.78 is 38.1. The van der Waals surface area contributed by atoms with E-state index in [0.717, 1.165) is 27.2 Å². The monoisotopic (exact) mass is 423 g/mol. The molecule has 0 unspecified atom stereocenters. The van der Waals surface area contributed by atoms with E-state index in [0.29, 0.717) is 18.7 Å². The number of rotatable bonds is 9. The smallest absolute Gasteiger partial charge is 0.206 e. The molecular formula is C18H18FN3O2S3. The molecular weight excluding hydrogens is 405 g/mol. The summed E-state index contributed by atoms with van der Waals surface area (Å²) in [6.45, 7) is 0.677. The Morgan fingerprint density at radius 2 is 1.78 bits per heavy atom. The van der Waals surface area contributed by atoms with Crippen molar-refractivity contribution in [3.8, 4) is 0 Å². The fraction of sp³-hybridized carbons (Fsp3) is 0.222. The summed E-state index contributed by atoms with van der Waals surface area (Å²) in [5, 5.41) is 12.2. The first kappa shape index (κ1) is 19.8. The zero-order valence-electron chi connectivity index (χ0n) is 14.3. The van der Waals surface area contributed by atoms with Gasteiger partial charge in [-0.3, -0.25) is 0 Å². The Hall–Kier alpha value is -1.97. The van der Waals surface area contributed by atoms with Crippen molar-refractivity contribution in [2.24, 2.45) is 0 Å². The van der Waals surface area contributed by atoms with Crippen LogP contribution in [0.25, 0.3) is 0 Å². The number of aromatic nitrogens is 2. The van der Waals surface area contributed by atoms with E-state index in [1.807, 2.05) is 30.3 Å². The highest BCUT2D eigenvalue weighted by Gasteiger charge is 2.14. The van der Waals surface area contributed by atoms with E-state index in [2.05, 4.69) is 15.5 Å². The molecule has 3 rings (SSSR count). The van der Waals surface area contributed by atoms with Crippen molar-refractivity contribution in [2.45, 2.75) is 22.2 Å². The summed E-state index contributed by atoms with van der Waals surface area (Å²) in [5.41, 5.74) is 1.16. The first-order valence-electron chi connectivity index (χ1n) is 8.25. The quantitative estimate of drug-likeness (QED) is 0.315. The molecule has 9 heteroatoms. The zero-order chi connectivity index (χ0) is 19.1. The average Bonchev–Trinajstić information content (AvgIpc) is 3.13. The molecule has 0 aliphatic carbocycles. The summed E-state index contributed by atoms with van der Waals surface area (Å²) in [4.78, 5) is 0.150. The van der Waals surface area contributed by atoms with Crippen molar-refractivity contribution >= 4 is 38.1 Å². The minimum atomic E-state index is -3.39. The Morgan fingerprint density at radius 3 is 2.52 bits per heavy atom. The standard InChI is InChI=1S/C18H18FN3O2S3/c19-15-7-9-16(10-8-15)27(23,24)12-4-11-25-18-22-21-17(26-18)20-13-14-5-2-1-3-6-14/h1-3,5-10H,4,11-13H2,(H,20,21). The molecule has 1 heterocycles. The van der Waals surface area contributed by atoms with E-state index in [1.54, 1.807) is 0 Å². The van der Waals surface area contributed by atoms with Gasteiger partial charge in [0.25, 0.3) is 0 Å². The largest absolute Gasteiger partial charge is 0.356 e. The molecule has 5 nitrogen and oxygen atoms in total. The lowest BCUT2D eigenvalue weighted by Gasteiger charge is -2.03. The molecule has 0 spiro atoms. The molecule has 27 heavy (non-hydrogen) atoms. The number of hydrogen-bond donors (Lipinski definition) is 1. The maximum atomic E-state index is 12.9. The van der Waals surface area contributed by atoms with Gasteiger partial charge in [-0.15, -0.1) is 10.2 Å². The van der Waals surface area contributed by atoms with Gasteiger partial charge in [-0.25, -0.2) is 12.8 Å². The van der Waals surface area contributed by atoms with Crippen LogP contribution in [0.1, 0.15) is 12.0 Å². The number of benzene rings is 2. The van der Waals surface area contributed by atoms with Crippen LogP contribution in [0.3, 0.4) is 0 Å². The van der Waals surface area contributed by atoms with Crippen LogP contribution in [0.2, 0.25) is 0 Å². The normalized spacial score (nSPS) is 11.4. The van der Waals surface area contributed by atoms with E-state index in [9.17, 15) is 12.8 Å². The van der Waals surface area contributed by atoms with Crippen molar-refractivity contribution in [2.75, 3.05) is 16.8 Å². The Kier molecular flexibility index (Phi) is 6.81. The van der Waals surface area contributed by atoms with E-state index in [4.69, 9.17) is 0 Å². The minimum absolute atomic E-state index is 0.0174. The molecule has 0 saturated carbocycles. The molecule has 0 radical (unpaired) electrons. The van der Waals surface area contributed by atoms with Crippen LogP contribution in [0.5, 0.6) is 0 Å². The lowest BCUT2D eigenvalue weighted by molar-refractivity contribution is 0.593. The Bertz CT molecular complexity index is 961. The third kappa shape index (κ3) is 6.02. The molecule has 0 bridgehead atoms. The number of nitrogens with one attached hydrogen (secondary N) is 1. The maximum Gasteiger partial charge on any atom is 0.206 e. The fourth-order valence-electron chi connectivity index (χ4n) is 2.28. The van der Waals surface area contributed by atoms with Crippen LogP contribution < -0.4 is 5.32 Å². The number of nitrogens with zero attached hydrogens (tertiary/aromatic N) is 2. The van der Waals surface area contributed by atoms with Crippen LogP contribution in [0, 0.1) is 5.82 Å². The van der Waals surface area contributed by atoms with Gasteiger partial charge in [0.2, 0.25) is 5.13 Å². The highest BCUT2D eigenvalue weighted by Crippen LogP contribution is 2.26. The molecule has 0 aliphatic heterocycles. The highest BCUT2D eigenvalue weighted by molar-refractivity contribution is 8.01. The molecule has 1 N–H and O–H groups in total. The van der Waals surface area contributed by atoms with E-state index in [-0.39, 0.29) is 10.6 Å². The third-order valence-electron chi connectivity index (χ3n) is 3.65. The summed E-state index contributed by atoms with van der Waals surface area (Å²) >= 11 is 2.93. The van der Waals surface area contributed by atoms with E-state index < -0.39 is 15.7 Å². The highest BCUT2D eigenvalue weighted by atomic mass is 32.2. The SMILES string of the molecule is O=S(=O)(CCCSc1nnc(NCc2ccccc2)s1)c1ccc(F)cc1. The molecule has 2 aromatic carbocycles. The fourth-order valence-corrected chi connectivity index (χ4v) is 5.53. The summed E-state index contributed by atoms with van der Waals surface area (Å²) in [6, 6.07) is 14.9. The predicted molar refractivity (Wildman–Crippen MR) is 107 cm³/mol. The number of anilines is 1. The van der Waals surface area contributed by atoms with Gasteiger partial charge in [0, 0.05) is 12.3 Å². The van der Waals surface area contributed by atoms with Crippen molar-refractivity contribution in [1.82, 2.24) is 10.2 Å². The number of hydrogen-bond acceptors (Lipinski definition) is 7. The number of thioether (sulfide) groups is 1. The Labute approximate surface area is 166 Å². The summed E-state index contributed by atoms with van der Waals surface area (Å²) in [7, 11) is -3.39. The lowest BCUT2D eigenvalue weighted by Crippen LogP contribution is -2.07. The van der Waals surface area contributed by atoms with Crippen LogP contribution in [0.15, 0.2) is 63.8 Å². The van der Waals surface area contributed by atoms with Gasteiger partial charge >= 0.3 is 0 Å². The lowest BCUT2D eigenvalue weighted by atomic mass is 10.2. The second kappa shape index (κ2) is 9.29. The van der Waals surface area contributed by atoms with Gasteiger partial charge in [0.1, 0.15) is 5.82 Å². The second-order valence-electron chi connectivity index (χ2n) is 5.69. The number of sulfone groups is 1. The molecule has 0 atom stereocenters. The Balaban J connectivity index is 1.43. The van der Waals surface area contributed by atoms with Crippen molar-refractivity contribution in [3.05, 3.63) is 66.0 Å². The topological polar surface area (TPSA) is 72.0 Å². The molecule has 0 saturated heterocycles. The summed E-state index contributed by atoms with van der Waals surface area (Å²) in [5.74, 6) is 0.189. The minimum Gasteiger partial charge on any atom is -0.356 e. The molecule has 0 amide bonds. The van der Waals surface area contributed by atoms with Crippen molar-refractivity contribution in [1.29, 1.82) is 0 Å². The van der Waals surface area contributed by atoms with Gasteiger partial charge in [-0.05, 0) is 36.2 Å². The van der Waals surface area contributed by atoms with Crippen molar-refractivity contribution in [3.63, 3.8) is 0 Å². The van der Waals surface area contributed by atoms with Crippen LogP contribution in [0.4, 0.5) is 9.52 Å². The first-order valence-corrected chi connectivity index (χ1v) is 11.7.